The molecule has 0 amide bonds. The van der Waals surface area contributed by atoms with Gasteiger partial charge in [-0.3, -0.25) is 0 Å². The second kappa shape index (κ2) is 6.36. The number of nitrogens with one attached hydrogen (secondary N) is 2. The first-order valence-electron chi connectivity index (χ1n) is 5.62. The zero-order chi connectivity index (χ0) is 14.6. The van der Waals surface area contributed by atoms with E-state index in [9.17, 15) is 21.6 Å². The predicted molar refractivity (Wildman–Crippen MR) is 64.6 cm³/mol. The third kappa shape index (κ3) is 4.19. The smallest absolute Gasteiger partial charge is 0.243 e. The van der Waals surface area contributed by atoms with Gasteiger partial charge in [0.15, 0.2) is 17.5 Å². The van der Waals surface area contributed by atoms with E-state index in [0.29, 0.717) is 18.7 Å². The Morgan fingerprint density at radius 3 is 2.32 bits per heavy atom. The average molecular weight is 296 g/mol. The molecule has 1 aromatic carbocycles. The molecule has 0 spiro atoms. The fourth-order valence-electron chi connectivity index (χ4n) is 1.34. The average Bonchev–Trinajstić information content (AvgIpc) is 2.31. The van der Waals surface area contributed by atoms with Crippen LogP contribution in [-0.4, -0.2) is 27.5 Å². The van der Waals surface area contributed by atoms with E-state index in [2.05, 4.69) is 10.0 Å². The van der Waals surface area contributed by atoms with Crippen LogP contribution in [0.5, 0.6) is 0 Å². The maximum absolute atomic E-state index is 13.3. The van der Waals surface area contributed by atoms with Gasteiger partial charge in [0.1, 0.15) is 4.90 Å². The van der Waals surface area contributed by atoms with E-state index < -0.39 is 32.4 Å². The minimum atomic E-state index is -4.20. The van der Waals surface area contributed by atoms with Crippen molar-refractivity contribution in [1.82, 2.24) is 10.0 Å². The van der Waals surface area contributed by atoms with E-state index in [0.717, 1.165) is 0 Å². The van der Waals surface area contributed by atoms with E-state index in [1.807, 2.05) is 13.8 Å². The number of sulfonamides is 1. The van der Waals surface area contributed by atoms with Crippen molar-refractivity contribution in [3.63, 3.8) is 0 Å². The summed E-state index contributed by atoms with van der Waals surface area (Å²) in [5.41, 5.74) is 0. The monoisotopic (exact) mass is 296 g/mol. The van der Waals surface area contributed by atoms with Crippen LogP contribution in [0.3, 0.4) is 0 Å². The first-order valence-corrected chi connectivity index (χ1v) is 7.10. The molecule has 0 aliphatic rings. The van der Waals surface area contributed by atoms with Crippen molar-refractivity contribution in [2.45, 2.75) is 24.8 Å². The maximum Gasteiger partial charge on any atom is 0.243 e. The maximum atomic E-state index is 13.3. The highest BCUT2D eigenvalue weighted by molar-refractivity contribution is 7.89. The Bertz CT molecular complexity index is 547. The zero-order valence-electron chi connectivity index (χ0n) is 10.5. The first kappa shape index (κ1) is 15.9. The molecule has 1 rings (SSSR count). The predicted octanol–water partition coefficient (Wildman–Crippen LogP) is 1.38. The quantitative estimate of drug-likeness (QED) is 0.616. The summed E-state index contributed by atoms with van der Waals surface area (Å²) in [4.78, 5) is -0.907. The molecule has 0 saturated heterocycles. The van der Waals surface area contributed by atoms with Crippen molar-refractivity contribution in [2.75, 3.05) is 13.1 Å². The van der Waals surface area contributed by atoms with Gasteiger partial charge in [-0.15, -0.1) is 0 Å². The second-order valence-corrected chi connectivity index (χ2v) is 5.92. The van der Waals surface area contributed by atoms with E-state index >= 15 is 0 Å². The number of halogens is 3. The standard InChI is InChI=1S/C11H15F3N2O2S/c1-7(2)15-5-6-16-19(17,18)9-4-3-8(12)10(13)11(9)14/h3-4,7,15-16H,5-6H2,1-2H3. The first-order chi connectivity index (χ1) is 8.75. The van der Waals surface area contributed by atoms with Gasteiger partial charge in [0.2, 0.25) is 10.0 Å². The molecule has 0 fully saturated rings. The van der Waals surface area contributed by atoms with Gasteiger partial charge in [0, 0.05) is 19.1 Å². The SMILES string of the molecule is CC(C)NCCNS(=O)(=O)c1ccc(F)c(F)c1F. The van der Waals surface area contributed by atoms with Gasteiger partial charge >= 0.3 is 0 Å². The largest absolute Gasteiger partial charge is 0.313 e. The number of hydrogen-bond donors (Lipinski definition) is 2. The van der Waals surface area contributed by atoms with Crippen LogP contribution in [0.2, 0.25) is 0 Å². The summed E-state index contributed by atoms with van der Waals surface area (Å²) in [5.74, 6) is -4.95. The Balaban J connectivity index is 2.81. The van der Waals surface area contributed by atoms with Crippen LogP contribution >= 0.6 is 0 Å². The molecule has 4 nitrogen and oxygen atoms in total. The summed E-state index contributed by atoms with van der Waals surface area (Å²) in [6.45, 7) is 4.11. The highest BCUT2D eigenvalue weighted by Crippen LogP contribution is 2.19. The molecule has 108 valence electrons. The van der Waals surface area contributed by atoms with Gasteiger partial charge in [-0.05, 0) is 12.1 Å². The summed E-state index contributed by atoms with van der Waals surface area (Å²) in [6, 6.07) is 1.43. The fourth-order valence-corrected chi connectivity index (χ4v) is 2.44. The van der Waals surface area contributed by atoms with Crippen LogP contribution in [-0.2, 0) is 10.0 Å². The van der Waals surface area contributed by atoms with Crippen molar-refractivity contribution in [2.24, 2.45) is 0 Å². The van der Waals surface area contributed by atoms with Crippen LogP contribution in [0.25, 0.3) is 0 Å². The number of hydrogen-bond acceptors (Lipinski definition) is 3. The van der Waals surface area contributed by atoms with Gasteiger partial charge in [-0.25, -0.2) is 26.3 Å². The Hall–Kier alpha value is -1.12. The Labute approximate surface area is 110 Å². The molecular formula is C11H15F3N2O2S. The molecule has 0 radical (unpaired) electrons. The summed E-state index contributed by atoms with van der Waals surface area (Å²) in [7, 11) is -4.20. The number of rotatable bonds is 6. The van der Waals surface area contributed by atoms with Crippen molar-refractivity contribution in [3.05, 3.63) is 29.6 Å². The Morgan fingerprint density at radius 1 is 1.11 bits per heavy atom. The molecule has 0 bridgehead atoms. The van der Waals surface area contributed by atoms with Gasteiger partial charge in [0.05, 0.1) is 0 Å². The lowest BCUT2D eigenvalue weighted by atomic mass is 10.3. The topological polar surface area (TPSA) is 58.2 Å². The lowest BCUT2D eigenvalue weighted by Gasteiger charge is -2.10. The summed E-state index contributed by atoms with van der Waals surface area (Å²) >= 11 is 0. The van der Waals surface area contributed by atoms with Crippen molar-refractivity contribution < 1.29 is 21.6 Å². The molecule has 19 heavy (non-hydrogen) atoms. The minimum Gasteiger partial charge on any atom is -0.313 e. The van der Waals surface area contributed by atoms with Crippen LogP contribution < -0.4 is 10.0 Å². The van der Waals surface area contributed by atoms with Crippen molar-refractivity contribution in [1.29, 1.82) is 0 Å². The molecule has 0 aromatic heterocycles. The summed E-state index contributed by atoms with van der Waals surface area (Å²) < 4.78 is 64.5. The van der Waals surface area contributed by atoms with Gasteiger partial charge < -0.3 is 5.32 Å². The third-order valence-corrected chi connectivity index (χ3v) is 3.74. The molecule has 0 atom stereocenters. The Kier molecular flexibility index (Phi) is 5.33. The normalized spacial score (nSPS) is 12.1. The van der Waals surface area contributed by atoms with Gasteiger partial charge in [-0.2, -0.15) is 0 Å². The molecule has 0 aliphatic heterocycles. The van der Waals surface area contributed by atoms with Crippen LogP contribution in [0.4, 0.5) is 13.2 Å². The molecule has 8 heteroatoms. The molecule has 0 aliphatic carbocycles. The second-order valence-electron chi connectivity index (χ2n) is 4.18. The van der Waals surface area contributed by atoms with Crippen LogP contribution in [0.1, 0.15) is 13.8 Å². The molecule has 0 heterocycles. The fraction of sp³-hybridized carbons (Fsp3) is 0.455. The Morgan fingerprint density at radius 2 is 1.74 bits per heavy atom. The van der Waals surface area contributed by atoms with Gasteiger partial charge in [-0.1, -0.05) is 13.8 Å². The molecule has 0 saturated carbocycles. The summed E-state index contributed by atoms with van der Waals surface area (Å²) in [6.07, 6.45) is 0. The molecule has 1 aromatic rings. The van der Waals surface area contributed by atoms with Crippen LogP contribution in [0, 0.1) is 17.5 Å². The highest BCUT2D eigenvalue weighted by atomic mass is 32.2. The van der Waals surface area contributed by atoms with Gasteiger partial charge in [0.25, 0.3) is 0 Å². The van der Waals surface area contributed by atoms with Crippen molar-refractivity contribution >= 4 is 10.0 Å². The third-order valence-electron chi connectivity index (χ3n) is 2.26. The van der Waals surface area contributed by atoms with E-state index in [-0.39, 0.29) is 12.6 Å². The molecule has 0 unspecified atom stereocenters. The van der Waals surface area contributed by atoms with E-state index in [4.69, 9.17) is 0 Å². The summed E-state index contributed by atoms with van der Waals surface area (Å²) in [5, 5.41) is 2.95. The lowest BCUT2D eigenvalue weighted by molar-refractivity contribution is 0.431. The van der Waals surface area contributed by atoms with E-state index in [1.165, 1.54) is 0 Å². The number of benzene rings is 1. The molecular weight excluding hydrogens is 281 g/mol. The molecule has 2 N–H and O–H groups in total. The highest BCUT2D eigenvalue weighted by Gasteiger charge is 2.23. The minimum absolute atomic E-state index is 0.0128. The van der Waals surface area contributed by atoms with Crippen molar-refractivity contribution in [3.8, 4) is 0 Å². The van der Waals surface area contributed by atoms with E-state index in [1.54, 1.807) is 0 Å². The van der Waals surface area contributed by atoms with Crippen LogP contribution in [0.15, 0.2) is 17.0 Å². The lowest BCUT2D eigenvalue weighted by Crippen LogP contribution is -2.35. The zero-order valence-corrected chi connectivity index (χ0v) is 11.3.